The Morgan fingerprint density at radius 3 is 2.65 bits per heavy atom. The van der Waals surface area contributed by atoms with E-state index in [9.17, 15) is 26.7 Å². The van der Waals surface area contributed by atoms with Crippen molar-refractivity contribution in [2.45, 2.75) is 52.2 Å². The van der Waals surface area contributed by atoms with Crippen LogP contribution in [0.3, 0.4) is 0 Å². The number of alkyl halides is 3. The van der Waals surface area contributed by atoms with Gasteiger partial charge in [0.25, 0.3) is 5.91 Å². The van der Waals surface area contributed by atoms with Gasteiger partial charge in [-0.15, -0.1) is 13.2 Å². The molecule has 12 heteroatoms. The van der Waals surface area contributed by atoms with Gasteiger partial charge >= 0.3 is 6.36 Å². The summed E-state index contributed by atoms with van der Waals surface area (Å²) in [6, 6.07) is 3.07. The van der Waals surface area contributed by atoms with E-state index in [0.717, 1.165) is 42.8 Å². The Hall–Kier alpha value is -2.31. The molecule has 3 N–H and O–H groups in total. The highest BCUT2D eigenvalue weighted by atomic mass is 32.2. The van der Waals surface area contributed by atoms with Crippen molar-refractivity contribution in [3.63, 3.8) is 0 Å². The zero-order valence-corrected chi connectivity index (χ0v) is 17.5. The van der Waals surface area contributed by atoms with Crippen LogP contribution in [0.2, 0.25) is 0 Å². The minimum atomic E-state index is -4.76. The van der Waals surface area contributed by atoms with Crippen LogP contribution in [-0.4, -0.2) is 23.1 Å². The molecule has 1 aliphatic heterocycles. The van der Waals surface area contributed by atoms with Gasteiger partial charge in [0.05, 0.1) is 5.69 Å². The van der Waals surface area contributed by atoms with Gasteiger partial charge in [0.15, 0.2) is 11.6 Å². The number of hydrogen-bond acceptors (Lipinski definition) is 5. The molecular formula is C19H21F5N4O2S. The Balaban J connectivity index is 1.77. The molecule has 0 aliphatic carbocycles. The second kappa shape index (κ2) is 9.45. The molecule has 0 fully saturated rings. The normalized spacial score (nSPS) is 14.8. The maximum absolute atomic E-state index is 13.5. The van der Waals surface area contributed by atoms with Crippen LogP contribution < -0.4 is 14.8 Å². The highest BCUT2D eigenvalue weighted by Gasteiger charge is 2.32. The molecule has 2 aromatic rings. The number of nitrogens with one attached hydrogen (secondary N) is 3. The predicted molar refractivity (Wildman–Crippen MR) is 107 cm³/mol. The fraction of sp³-hybridized carbons (Fsp3) is 0.421. The number of fused-ring (bicyclic) bond motifs is 1. The average molecular weight is 464 g/mol. The number of ether oxygens (including phenoxy) is 1. The third-order valence-corrected chi connectivity index (χ3v) is 5.50. The minimum Gasteiger partial charge on any atom is -0.338 e. The van der Waals surface area contributed by atoms with Gasteiger partial charge < -0.3 is 14.6 Å². The van der Waals surface area contributed by atoms with Crippen LogP contribution in [0.15, 0.2) is 18.2 Å². The predicted octanol–water partition coefficient (Wildman–Crippen LogP) is 5.11. The molecule has 6 nitrogen and oxygen atoms in total. The van der Waals surface area contributed by atoms with E-state index in [1.54, 1.807) is 6.92 Å². The van der Waals surface area contributed by atoms with E-state index in [4.69, 9.17) is 0 Å². The van der Waals surface area contributed by atoms with Crippen molar-refractivity contribution in [1.29, 1.82) is 0 Å². The summed E-state index contributed by atoms with van der Waals surface area (Å²) in [6.45, 7) is 3.51. The highest BCUT2D eigenvalue weighted by Crippen LogP contribution is 2.34. The molecule has 0 saturated heterocycles. The fourth-order valence-electron chi connectivity index (χ4n) is 3.46. The Morgan fingerprint density at radius 2 is 1.97 bits per heavy atom. The lowest BCUT2D eigenvalue weighted by molar-refractivity contribution is -0.341. The maximum atomic E-state index is 13.5. The summed E-state index contributed by atoms with van der Waals surface area (Å²) in [4.78, 5) is 12.9. The number of hydrogen-bond donors (Lipinski definition) is 3. The first-order chi connectivity index (χ1) is 14.6. The minimum absolute atomic E-state index is 0.110. The number of aromatic nitrogens is 1. The summed E-state index contributed by atoms with van der Waals surface area (Å²) in [7, 11) is 0. The van der Waals surface area contributed by atoms with Crippen molar-refractivity contribution in [1.82, 2.24) is 9.29 Å². The van der Waals surface area contributed by atoms with Gasteiger partial charge in [-0.2, -0.15) is 0 Å². The molecule has 1 amide bonds. The van der Waals surface area contributed by atoms with Gasteiger partial charge in [0.2, 0.25) is 0 Å². The molecule has 0 bridgehead atoms. The number of amides is 1. The SMILES string of the molecule is Cc1c(NSNC(C)OC(F)(F)F)c2n(c1C(=O)Nc1ccc(F)c(F)c1)CCCC2. The third-order valence-electron chi connectivity index (χ3n) is 4.74. The summed E-state index contributed by atoms with van der Waals surface area (Å²) in [5.74, 6) is -2.59. The van der Waals surface area contributed by atoms with E-state index in [1.165, 1.54) is 13.0 Å². The van der Waals surface area contributed by atoms with Crippen LogP contribution in [0.4, 0.5) is 33.3 Å². The molecule has 0 spiro atoms. The van der Waals surface area contributed by atoms with E-state index in [0.29, 0.717) is 29.9 Å². The topological polar surface area (TPSA) is 67.3 Å². The molecule has 0 saturated carbocycles. The Bertz CT molecular complexity index is 964. The second-order valence-electron chi connectivity index (χ2n) is 7.01. The average Bonchev–Trinajstić information content (AvgIpc) is 2.95. The standard InChI is InChI=1S/C19H21F5N4O2S/c1-10-16(27-31-26-11(2)30-19(22,23)24)15-5-3-4-8-28(15)17(10)18(29)25-12-6-7-13(20)14(21)9-12/h6-7,9,11,26-27H,3-5,8H2,1-2H3,(H,25,29). The van der Waals surface area contributed by atoms with Crippen LogP contribution >= 0.6 is 12.1 Å². The number of benzene rings is 1. The molecule has 31 heavy (non-hydrogen) atoms. The van der Waals surface area contributed by atoms with Crippen molar-refractivity contribution in [2.24, 2.45) is 0 Å². The lowest BCUT2D eigenvalue weighted by atomic mass is 10.1. The maximum Gasteiger partial charge on any atom is 0.524 e. The van der Waals surface area contributed by atoms with Crippen molar-refractivity contribution < 1.29 is 31.5 Å². The zero-order chi connectivity index (χ0) is 22.8. The number of carbonyl (C=O) groups excluding carboxylic acids is 1. The molecule has 2 heterocycles. The smallest absolute Gasteiger partial charge is 0.338 e. The van der Waals surface area contributed by atoms with Gasteiger partial charge in [-0.3, -0.25) is 9.53 Å². The summed E-state index contributed by atoms with van der Waals surface area (Å²) >= 11 is 0.813. The van der Waals surface area contributed by atoms with Crippen molar-refractivity contribution in [3.8, 4) is 0 Å². The second-order valence-corrected chi connectivity index (χ2v) is 7.66. The van der Waals surface area contributed by atoms with E-state index < -0.39 is 30.1 Å². The molecule has 1 unspecified atom stereocenters. The first kappa shape index (κ1) is 23.4. The van der Waals surface area contributed by atoms with E-state index in [1.807, 2.05) is 4.57 Å². The van der Waals surface area contributed by atoms with Gasteiger partial charge in [0.1, 0.15) is 11.9 Å². The number of rotatable bonds is 7. The van der Waals surface area contributed by atoms with Gasteiger partial charge in [-0.05, 0) is 45.2 Å². The number of carbonyl (C=O) groups is 1. The lowest BCUT2D eigenvalue weighted by Crippen LogP contribution is -2.30. The van der Waals surface area contributed by atoms with Crippen LogP contribution in [0.5, 0.6) is 0 Å². The lowest BCUT2D eigenvalue weighted by Gasteiger charge is -2.19. The Kier molecular flexibility index (Phi) is 7.12. The molecule has 1 aliphatic rings. The fourth-order valence-corrected chi connectivity index (χ4v) is 4.10. The number of anilines is 2. The van der Waals surface area contributed by atoms with Crippen LogP contribution in [0.25, 0.3) is 0 Å². The van der Waals surface area contributed by atoms with Gasteiger partial charge in [-0.1, -0.05) is 0 Å². The van der Waals surface area contributed by atoms with Gasteiger partial charge in [0, 0.05) is 41.7 Å². The van der Waals surface area contributed by atoms with Crippen molar-refractivity contribution in [2.75, 3.05) is 10.0 Å². The summed E-state index contributed by atoms with van der Waals surface area (Å²) in [5.41, 5.74) is 2.51. The van der Waals surface area contributed by atoms with Crippen molar-refractivity contribution >= 4 is 29.4 Å². The molecular weight excluding hydrogens is 443 g/mol. The Morgan fingerprint density at radius 1 is 1.23 bits per heavy atom. The van der Waals surface area contributed by atoms with Crippen LogP contribution in [-0.2, 0) is 17.7 Å². The number of halogens is 5. The van der Waals surface area contributed by atoms with Crippen LogP contribution in [0.1, 0.15) is 41.5 Å². The van der Waals surface area contributed by atoms with Crippen LogP contribution in [0, 0.1) is 18.6 Å². The molecule has 0 radical (unpaired) electrons. The third kappa shape index (κ3) is 5.69. The monoisotopic (exact) mass is 464 g/mol. The number of nitrogens with zero attached hydrogens (tertiary/aromatic N) is 1. The first-order valence-electron chi connectivity index (χ1n) is 9.47. The quantitative estimate of drug-likeness (QED) is 0.302. The van der Waals surface area contributed by atoms with E-state index in [2.05, 4.69) is 19.5 Å². The molecule has 1 atom stereocenters. The molecule has 3 rings (SSSR count). The highest BCUT2D eigenvalue weighted by molar-refractivity contribution is 7.98. The summed E-state index contributed by atoms with van der Waals surface area (Å²) in [5, 5.41) is 2.57. The Labute approximate surface area is 179 Å². The van der Waals surface area contributed by atoms with Gasteiger partial charge in [-0.25, -0.2) is 13.5 Å². The first-order valence-corrected chi connectivity index (χ1v) is 10.3. The van der Waals surface area contributed by atoms with Crippen molar-refractivity contribution in [3.05, 3.63) is 46.8 Å². The van der Waals surface area contributed by atoms with E-state index >= 15 is 0 Å². The van der Waals surface area contributed by atoms with E-state index in [-0.39, 0.29) is 5.69 Å². The summed E-state index contributed by atoms with van der Waals surface area (Å²) in [6.07, 6.45) is -3.63. The molecule has 1 aromatic heterocycles. The zero-order valence-electron chi connectivity index (χ0n) is 16.7. The molecule has 170 valence electrons. The largest absolute Gasteiger partial charge is 0.524 e. The molecule has 1 aromatic carbocycles. The summed E-state index contributed by atoms with van der Waals surface area (Å²) < 4.78 is 74.6.